The average Bonchev–Trinajstić information content (AvgIpc) is 3.12. The van der Waals surface area contributed by atoms with Crippen LogP contribution in [0.5, 0.6) is 0 Å². The number of hydrogen-bond donors (Lipinski definition) is 1. The van der Waals surface area contributed by atoms with Crippen molar-refractivity contribution in [1.82, 2.24) is 5.32 Å². The number of benzene rings is 2. The molecule has 0 fully saturated rings. The number of rotatable bonds is 2. The third kappa shape index (κ3) is 3.58. The molecule has 8 nitrogen and oxygen atoms in total. The molecule has 172 valence electrons. The molecule has 0 bridgehead atoms. The second-order valence-corrected chi connectivity index (χ2v) is 10.4. The normalized spacial score (nSPS) is 21.7. The molecule has 4 rings (SSSR count). The first-order valence-electron chi connectivity index (χ1n) is 10.4. The Balaban J connectivity index is 1.99. The van der Waals surface area contributed by atoms with Crippen LogP contribution >= 0.6 is 22.6 Å². The number of amides is 3. The molecule has 1 N–H and O–H groups in total. The van der Waals surface area contributed by atoms with Gasteiger partial charge in [-0.1, -0.05) is 12.1 Å². The number of anilines is 2. The molecule has 0 aliphatic carbocycles. The quantitative estimate of drug-likeness (QED) is 0.566. The zero-order valence-corrected chi connectivity index (χ0v) is 21.1. The Hall–Kier alpha value is -2.95. The van der Waals surface area contributed by atoms with Gasteiger partial charge in [0.25, 0.3) is 5.91 Å². The molecule has 3 amide bonds. The van der Waals surface area contributed by atoms with Crippen LogP contribution in [-0.2, 0) is 19.9 Å². The first kappa shape index (κ1) is 23.2. The second-order valence-electron chi connectivity index (χ2n) is 9.13. The number of para-hydroxylation sites is 1. The van der Waals surface area contributed by atoms with Gasteiger partial charge < -0.3 is 15.0 Å². The summed E-state index contributed by atoms with van der Waals surface area (Å²) in [6, 6.07) is 10.7. The van der Waals surface area contributed by atoms with Gasteiger partial charge in [0.2, 0.25) is 5.91 Å². The van der Waals surface area contributed by atoms with Gasteiger partial charge in [0.1, 0.15) is 11.6 Å². The first-order valence-corrected chi connectivity index (χ1v) is 11.5. The minimum absolute atomic E-state index is 0.317. The minimum Gasteiger partial charge on any atom is -0.444 e. The van der Waals surface area contributed by atoms with Crippen molar-refractivity contribution in [3.8, 4) is 0 Å². The smallest absolute Gasteiger partial charge is 0.408 e. The van der Waals surface area contributed by atoms with Crippen molar-refractivity contribution in [1.29, 1.82) is 0 Å². The molecule has 2 atom stereocenters. The van der Waals surface area contributed by atoms with E-state index in [4.69, 9.17) is 4.74 Å². The zero-order chi connectivity index (χ0) is 24.3. The number of hydrogen-bond acceptors (Lipinski definition) is 5. The van der Waals surface area contributed by atoms with Crippen LogP contribution in [-0.4, -0.2) is 42.4 Å². The molecule has 0 aromatic heterocycles. The Morgan fingerprint density at radius 2 is 1.76 bits per heavy atom. The van der Waals surface area contributed by atoms with E-state index in [-0.39, 0.29) is 0 Å². The predicted molar refractivity (Wildman–Crippen MR) is 131 cm³/mol. The molecule has 2 aliphatic heterocycles. The molecule has 2 aliphatic rings. The number of nitrogens with one attached hydrogen (secondary N) is 1. The van der Waals surface area contributed by atoms with Crippen molar-refractivity contribution in [3.63, 3.8) is 0 Å². The lowest BCUT2D eigenvalue weighted by Crippen LogP contribution is -2.66. The van der Waals surface area contributed by atoms with Crippen molar-refractivity contribution in [2.75, 3.05) is 16.8 Å². The summed E-state index contributed by atoms with van der Waals surface area (Å²) in [5.41, 5.74) is -1.00. The second kappa shape index (κ2) is 7.82. The number of ether oxygens (including phenoxy) is 1. The summed E-state index contributed by atoms with van der Waals surface area (Å²) in [6.07, 6.45) is -0.858. The lowest BCUT2D eigenvalue weighted by atomic mass is 9.81. The molecule has 0 spiro atoms. The third-order valence-corrected chi connectivity index (χ3v) is 6.44. The fraction of sp³-hybridized carbons (Fsp3) is 0.333. The highest BCUT2D eigenvalue weighted by molar-refractivity contribution is 14.1. The lowest BCUT2D eigenvalue weighted by molar-refractivity contribution is -0.125. The van der Waals surface area contributed by atoms with Gasteiger partial charge >= 0.3 is 6.09 Å². The van der Waals surface area contributed by atoms with Crippen LogP contribution in [0, 0.1) is 3.57 Å². The summed E-state index contributed by atoms with van der Waals surface area (Å²) < 4.78 is 6.29. The summed E-state index contributed by atoms with van der Waals surface area (Å²) in [5.74, 6) is -1.37. The number of halogens is 1. The number of nitrogens with zero attached hydrogens (tertiary/aromatic N) is 2. The number of likely N-dealkylation sites (N-methyl/N-ethyl adjacent to an activating group) is 1. The lowest BCUT2D eigenvalue weighted by Gasteiger charge is -2.38. The Morgan fingerprint density at radius 3 is 2.39 bits per heavy atom. The molecule has 2 aromatic carbocycles. The Bertz CT molecular complexity index is 1200. The topological polar surface area (TPSA) is 96.0 Å². The van der Waals surface area contributed by atoms with Crippen LogP contribution in [0.15, 0.2) is 42.5 Å². The Labute approximate surface area is 205 Å². The zero-order valence-electron chi connectivity index (χ0n) is 18.9. The maximum absolute atomic E-state index is 13.9. The van der Waals surface area contributed by atoms with Crippen LogP contribution < -0.4 is 15.1 Å². The maximum atomic E-state index is 13.9. The predicted octanol–water partition coefficient (Wildman–Crippen LogP) is 3.61. The van der Waals surface area contributed by atoms with Crippen molar-refractivity contribution in [2.24, 2.45) is 0 Å². The molecule has 0 saturated carbocycles. The maximum Gasteiger partial charge on any atom is 0.408 e. The largest absolute Gasteiger partial charge is 0.444 e. The van der Waals surface area contributed by atoms with E-state index in [0.717, 1.165) is 3.57 Å². The summed E-state index contributed by atoms with van der Waals surface area (Å²) in [7, 11) is 1.58. The highest BCUT2D eigenvalue weighted by atomic mass is 127. The molecule has 0 saturated heterocycles. The van der Waals surface area contributed by atoms with Crippen molar-refractivity contribution >= 4 is 57.7 Å². The monoisotopic (exact) mass is 561 g/mol. The number of alkyl carbamates (subject to hydrolysis) is 1. The minimum atomic E-state index is -1.87. The summed E-state index contributed by atoms with van der Waals surface area (Å²) in [5, 5.41) is 2.73. The van der Waals surface area contributed by atoms with E-state index in [0.29, 0.717) is 22.5 Å². The molecule has 2 heterocycles. The van der Waals surface area contributed by atoms with E-state index in [1.165, 1.54) is 16.7 Å². The number of Topliss-reactive ketones (excluding diaryl/α,β-unsaturated/α-hetero) is 1. The van der Waals surface area contributed by atoms with Gasteiger partial charge in [-0.05, 0) is 73.7 Å². The summed E-state index contributed by atoms with van der Waals surface area (Å²) in [6.45, 7) is 6.45. The number of ketones is 1. The summed E-state index contributed by atoms with van der Waals surface area (Å²) >= 11 is 2.11. The Kier molecular flexibility index (Phi) is 5.50. The van der Waals surface area contributed by atoms with Gasteiger partial charge in [0.15, 0.2) is 11.3 Å². The van der Waals surface area contributed by atoms with Gasteiger partial charge in [0.05, 0.1) is 5.69 Å². The van der Waals surface area contributed by atoms with E-state index in [1.54, 1.807) is 64.2 Å². The van der Waals surface area contributed by atoms with Crippen LogP contribution in [0.4, 0.5) is 16.2 Å². The van der Waals surface area contributed by atoms with E-state index in [9.17, 15) is 19.2 Å². The van der Waals surface area contributed by atoms with E-state index in [2.05, 4.69) is 27.9 Å². The number of carbonyl (C=O) groups is 4. The van der Waals surface area contributed by atoms with Gasteiger partial charge in [-0.15, -0.1) is 0 Å². The van der Waals surface area contributed by atoms with E-state index < -0.39 is 40.9 Å². The van der Waals surface area contributed by atoms with E-state index in [1.807, 2.05) is 6.07 Å². The fourth-order valence-electron chi connectivity index (χ4n) is 4.56. The fourth-order valence-corrected chi connectivity index (χ4v) is 5.05. The highest BCUT2D eigenvalue weighted by Gasteiger charge is 2.63. The van der Waals surface area contributed by atoms with Crippen LogP contribution in [0.25, 0.3) is 0 Å². The van der Waals surface area contributed by atoms with Gasteiger partial charge in [0, 0.05) is 34.4 Å². The average molecular weight is 561 g/mol. The van der Waals surface area contributed by atoms with Gasteiger partial charge in [-0.2, -0.15) is 0 Å². The molecule has 2 aromatic rings. The molecule has 1 unspecified atom stereocenters. The summed E-state index contributed by atoms with van der Waals surface area (Å²) in [4.78, 5) is 56.3. The standard InChI is InChI=1S/C24H24IN3O5/c1-13(29)28-17-9-7-6-8-15(17)19(30)20(28)24(26-22(32)33-23(2,3)4)16-12-14(25)10-11-18(16)27(5)21(24)31/h6-12,20H,1-5H3,(H,26,32)/t20?,24-/m0/s1. The van der Waals surface area contributed by atoms with Crippen LogP contribution in [0.1, 0.15) is 43.6 Å². The molecular formula is C24H24IN3O5. The van der Waals surface area contributed by atoms with Crippen molar-refractivity contribution in [3.05, 3.63) is 57.2 Å². The van der Waals surface area contributed by atoms with Crippen LogP contribution in [0.2, 0.25) is 0 Å². The SMILES string of the molecule is CC(=O)N1c2ccccc2C(=O)C1[C@]1(NC(=O)OC(C)(C)C)C(=O)N(C)c2ccc(I)cc21. The van der Waals surface area contributed by atoms with E-state index >= 15 is 0 Å². The number of fused-ring (bicyclic) bond motifs is 2. The first-order chi connectivity index (χ1) is 15.4. The number of carbonyl (C=O) groups excluding carboxylic acids is 4. The highest BCUT2D eigenvalue weighted by Crippen LogP contribution is 2.48. The molecule has 0 radical (unpaired) electrons. The van der Waals surface area contributed by atoms with Gasteiger partial charge in [-0.25, -0.2) is 4.79 Å². The Morgan fingerprint density at radius 1 is 1.09 bits per heavy atom. The third-order valence-electron chi connectivity index (χ3n) is 5.77. The van der Waals surface area contributed by atoms with Crippen molar-refractivity contribution < 1.29 is 23.9 Å². The molecule has 9 heteroatoms. The van der Waals surface area contributed by atoms with Crippen molar-refractivity contribution in [2.45, 2.75) is 44.9 Å². The van der Waals surface area contributed by atoms with Crippen LogP contribution in [0.3, 0.4) is 0 Å². The van der Waals surface area contributed by atoms with Gasteiger partial charge in [-0.3, -0.25) is 19.3 Å². The molecular weight excluding hydrogens is 537 g/mol. The molecule has 33 heavy (non-hydrogen) atoms.